The minimum Gasteiger partial charge on any atom is -0.303 e. The molecule has 0 saturated heterocycles. The molecular weight excluding hydrogens is 203 g/mol. The van der Waals surface area contributed by atoms with Crippen molar-refractivity contribution >= 4 is 0 Å². The van der Waals surface area contributed by atoms with Gasteiger partial charge in [-0.05, 0) is 12.1 Å². The van der Waals surface area contributed by atoms with Gasteiger partial charge in [-0.1, -0.05) is 32.9 Å². The molecule has 2 aromatic rings. The van der Waals surface area contributed by atoms with E-state index in [1.165, 1.54) is 6.07 Å². The molecule has 2 nitrogen and oxygen atoms in total. The van der Waals surface area contributed by atoms with Crippen LogP contribution in [0.3, 0.4) is 0 Å². The molecule has 3 heteroatoms. The van der Waals surface area contributed by atoms with Crippen LogP contribution in [-0.2, 0) is 5.41 Å². The largest absolute Gasteiger partial charge is 0.303 e. The van der Waals surface area contributed by atoms with Gasteiger partial charge >= 0.3 is 0 Å². The summed E-state index contributed by atoms with van der Waals surface area (Å²) in [5.41, 5.74) is 1.47. The normalized spacial score (nSPS) is 11.8. The predicted octanol–water partition coefficient (Wildman–Crippen LogP) is 3.31. The van der Waals surface area contributed by atoms with Gasteiger partial charge in [0.05, 0.1) is 17.7 Å². The standard InChI is InChI=1S/C13H15FN2/c1-13(2,3)12-8-16(9-15-12)11-7-5-4-6-10(11)14/h4-9H,1-3H3. The Balaban J connectivity index is 2.44. The molecule has 0 unspecified atom stereocenters. The van der Waals surface area contributed by atoms with Gasteiger partial charge < -0.3 is 4.57 Å². The van der Waals surface area contributed by atoms with Crippen molar-refractivity contribution in [2.75, 3.05) is 0 Å². The molecule has 0 bridgehead atoms. The Morgan fingerprint density at radius 1 is 1.19 bits per heavy atom. The van der Waals surface area contributed by atoms with Crippen molar-refractivity contribution in [1.82, 2.24) is 9.55 Å². The lowest BCUT2D eigenvalue weighted by atomic mass is 9.93. The Kier molecular flexibility index (Phi) is 2.54. The number of nitrogens with zero attached hydrogens (tertiary/aromatic N) is 2. The van der Waals surface area contributed by atoms with Crippen LogP contribution >= 0.6 is 0 Å². The number of para-hydroxylation sites is 1. The fourth-order valence-electron chi connectivity index (χ4n) is 1.50. The Morgan fingerprint density at radius 2 is 1.88 bits per heavy atom. The second-order valence-corrected chi connectivity index (χ2v) is 4.87. The van der Waals surface area contributed by atoms with Crippen molar-refractivity contribution in [3.63, 3.8) is 0 Å². The fraction of sp³-hybridized carbons (Fsp3) is 0.308. The van der Waals surface area contributed by atoms with Crippen LogP contribution in [0.2, 0.25) is 0 Å². The molecule has 0 amide bonds. The molecule has 0 radical (unpaired) electrons. The summed E-state index contributed by atoms with van der Waals surface area (Å²) in [6.45, 7) is 6.25. The van der Waals surface area contributed by atoms with Crippen LogP contribution in [-0.4, -0.2) is 9.55 Å². The minimum atomic E-state index is -0.236. The SMILES string of the molecule is CC(C)(C)c1cn(-c2ccccc2F)cn1. The van der Waals surface area contributed by atoms with Gasteiger partial charge in [-0.15, -0.1) is 0 Å². The second kappa shape index (κ2) is 3.74. The first-order valence-electron chi connectivity index (χ1n) is 5.28. The van der Waals surface area contributed by atoms with Gasteiger partial charge in [-0.3, -0.25) is 0 Å². The Labute approximate surface area is 94.8 Å². The lowest BCUT2D eigenvalue weighted by Crippen LogP contribution is -2.11. The summed E-state index contributed by atoms with van der Waals surface area (Å²) in [5.74, 6) is -0.236. The van der Waals surface area contributed by atoms with E-state index in [4.69, 9.17) is 0 Å². The van der Waals surface area contributed by atoms with E-state index in [9.17, 15) is 4.39 Å². The number of benzene rings is 1. The van der Waals surface area contributed by atoms with E-state index in [1.54, 1.807) is 23.0 Å². The number of halogens is 1. The first-order chi connectivity index (χ1) is 7.48. The zero-order chi connectivity index (χ0) is 11.8. The molecular formula is C13H15FN2. The molecule has 1 heterocycles. The highest BCUT2D eigenvalue weighted by molar-refractivity contribution is 5.34. The molecule has 0 atom stereocenters. The van der Waals surface area contributed by atoms with Gasteiger partial charge in [0.1, 0.15) is 5.82 Å². The van der Waals surface area contributed by atoms with Crippen LogP contribution in [0.4, 0.5) is 4.39 Å². The van der Waals surface area contributed by atoms with Crippen molar-refractivity contribution in [3.8, 4) is 5.69 Å². The van der Waals surface area contributed by atoms with Crippen molar-refractivity contribution in [3.05, 3.63) is 48.3 Å². The number of aromatic nitrogens is 2. The molecule has 0 spiro atoms. The van der Waals surface area contributed by atoms with Crippen LogP contribution < -0.4 is 0 Å². The maximum atomic E-state index is 13.5. The summed E-state index contributed by atoms with van der Waals surface area (Å²) in [7, 11) is 0. The Morgan fingerprint density at radius 3 is 2.44 bits per heavy atom. The molecule has 0 saturated carbocycles. The summed E-state index contributed by atoms with van der Waals surface area (Å²) in [4.78, 5) is 4.30. The van der Waals surface area contributed by atoms with E-state index in [1.807, 2.05) is 12.3 Å². The number of hydrogen-bond donors (Lipinski definition) is 0. The molecule has 0 aliphatic carbocycles. The molecule has 0 fully saturated rings. The van der Waals surface area contributed by atoms with Gasteiger partial charge in [-0.2, -0.15) is 0 Å². The molecule has 1 aromatic carbocycles. The Hall–Kier alpha value is -1.64. The first-order valence-corrected chi connectivity index (χ1v) is 5.28. The zero-order valence-electron chi connectivity index (χ0n) is 9.74. The topological polar surface area (TPSA) is 17.8 Å². The monoisotopic (exact) mass is 218 g/mol. The second-order valence-electron chi connectivity index (χ2n) is 4.87. The van der Waals surface area contributed by atoms with Crippen LogP contribution in [0.1, 0.15) is 26.5 Å². The summed E-state index contributed by atoms with van der Waals surface area (Å²) in [6.07, 6.45) is 3.53. The molecule has 84 valence electrons. The minimum absolute atomic E-state index is 0.0174. The summed E-state index contributed by atoms with van der Waals surface area (Å²) >= 11 is 0. The lowest BCUT2D eigenvalue weighted by Gasteiger charge is -2.14. The van der Waals surface area contributed by atoms with Crippen LogP contribution in [0.5, 0.6) is 0 Å². The average Bonchev–Trinajstić information content (AvgIpc) is 2.66. The van der Waals surface area contributed by atoms with Gasteiger partial charge in [0.15, 0.2) is 0 Å². The van der Waals surface area contributed by atoms with Crippen LogP contribution in [0, 0.1) is 5.82 Å². The number of rotatable bonds is 1. The summed E-state index contributed by atoms with van der Waals surface area (Å²) in [6, 6.07) is 6.69. The molecule has 16 heavy (non-hydrogen) atoms. The highest BCUT2D eigenvalue weighted by Gasteiger charge is 2.17. The van der Waals surface area contributed by atoms with Gasteiger partial charge in [0.2, 0.25) is 0 Å². The third-order valence-electron chi connectivity index (χ3n) is 2.48. The molecule has 1 aromatic heterocycles. The van der Waals surface area contributed by atoms with E-state index in [0.29, 0.717) is 5.69 Å². The smallest absolute Gasteiger partial charge is 0.147 e. The third kappa shape index (κ3) is 1.98. The number of hydrogen-bond acceptors (Lipinski definition) is 1. The quantitative estimate of drug-likeness (QED) is 0.718. The molecule has 0 N–H and O–H groups in total. The predicted molar refractivity (Wildman–Crippen MR) is 62.2 cm³/mol. The van der Waals surface area contributed by atoms with Crippen LogP contribution in [0.15, 0.2) is 36.8 Å². The van der Waals surface area contributed by atoms with Gasteiger partial charge in [0.25, 0.3) is 0 Å². The summed E-state index contributed by atoms with van der Waals surface area (Å²) < 4.78 is 15.3. The van der Waals surface area contributed by atoms with Crippen molar-refractivity contribution in [2.45, 2.75) is 26.2 Å². The third-order valence-corrected chi connectivity index (χ3v) is 2.48. The van der Waals surface area contributed by atoms with E-state index in [2.05, 4.69) is 25.8 Å². The molecule has 0 aliphatic heterocycles. The van der Waals surface area contributed by atoms with E-state index >= 15 is 0 Å². The van der Waals surface area contributed by atoms with E-state index in [-0.39, 0.29) is 11.2 Å². The highest BCUT2D eigenvalue weighted by atomic mass is 19.1. The summed E-state index contributed by atoms with van der Waals surface area (Å²) in [5, 5.41) is 0. The van der Waals surface area contributed by atoms with Crippen molar-refractivity contribution < 1.29 is 4.39 Å². The molecule has 2 rings (SSSR count). The Bertz CT molecular complexity index is 495. The van der Waals surface area contributed by atoms with Gasteiger partial charge in [0, 0.05) is 11.6 Å². The van der Waals surface area contributed by atoms with Gasteiger partial charge in [-0.25, -0.2) is 9.37 Å². The first kappa shape index (κ1) is 10.9. The van der Waals surface area contributed by atoms with E-state index < -0.39 is 0 Å². The van der Waals surface area contributed by atoms with Crippen LogP contribution in [0.25, 0.3) is 5.69 Å². The molecule has 0 aliphatic rings. The maximum Gasteiger partial charge on any atom is 0.147 e. The maximum absolute atomic E-state index is 13.5. The zero-order valence-corrected chi connectivity index (χ0v) is 9.74. The highest BCUT2D eigenvalue weighted by Crippen LogP contribution is 2.21. The van der Waals surface area contributed by atoms with Crippen molar-refractivity contribution in [1.29, 1.82) is 0 Å². The fourth-order valence-corrected chi connectivity index (χ4v) is 1.50. The number of imidazole rings is 1. The lowest BCUT2D eigenvalue weighted by molar-refractivity contribution is 0.571. The van der Waals surface area contributed by atoms with E-state index in [0.717, 1.165) is 5.69 Å². The van der Waals surface area contributed by atoms with Crippen molar-refractivity contribution in [2.24, 2.45) is 0 Å². The average molecular weight is 218 g/mol.